The molecule has 1 spiro atoms. The van der Waals surface area contributed by atoms with Gasteiger partial charge in [0, 0.05) is 25.0 Å². The molecular weight excluding hydrogens is 297 g/mol. The molecule has 23 heavy (non-hydrogen) atoms. The van der Waals surface area contributed by atoms with Gasteiger partial charge >= 0.3 is 0 Å². The lowest BCUT2D eigenvalue weighted by molar-refractivity contribution is -0.210. The Morgan fingerprint density at radius 3 is 2.52 bits per heavy atom. The Morgan fingerprint density at radius 1 is 1.30 bits per heavy atom. The minimum Gasteiger partial charge on any atom is -0.392 e. The van der Waals surface area contributed by atoms with E-state index in [2.05, 4.69) is 4.90 Å². The van der Waals surface area contributed by atoms with Gasteiger partial charge < -0.3 is 19.8 Å². The molecular formula is C18H26FNO3. The van der Waals surface area contributed by atoms with Crippen LogP contribution in [0.15, 0.2) is 24.3 Å². The molecule has 3 rings (SSSR count). The first-order valence-electron chi connectivity index (χ1n) is 8.50. The minimum atomic E-state index is -0.612. The topological polar surface area (TPSA) is 52.9 Å². The quantitative estimate of drug-likeness (QED) is 0.871. The fourth-order valence-corrected chi connectivity index (χ4v) is 4.00. The Kier molecular flexibility index (Phi) is 5.01. The summed E-state index contributed by atoms with van der Waals surface area (Å²) in [5.41, 5.74) is 0.649. The van der Waals surface area contributed by atoms with E-state index in [4.69, 9.17) is 4.74 Å². The number of hydrogen-bond donors (Lipinski definition) is 2. The standard InChI is InChI=1S/C18H26FNO3/c1-2-23-17-11-16(22)18(17)7-9-20(10-8-18)12-15(21)13-3-5-14(19)6-4-13/h3-6,15-17,21-22H,2,7-12H2,1H3. The third-order valence-electron chi connectivity index (χ3n) is 5.58. The molecule has 3 atom stereocenters. The third-order valence-corrected chi connectivity index (χ3v) is 5.58. The van der Waals surface area contributed by atoms with Gasteiger partial charge in [0.2, 0.25) is 0 Å². The number of halogens is 1. The van der Waals surface area contributed by atoms with Crippen LogP contribution in [0.4, 0.5) is 4.39 Å². The maximum atomic E-state index is 12.9. The normalized spacial score (nSPS) is 28.5. The third kappa shape index (κ3) is 3.29. The van der Waals surface area contributed by atoms with Crippen LogP contribution in [0.2, 0.25) is 0 Å². The molecule has 2 N–H and O–H groups in total. The molecule has 1 aromatic carbocycles. The summed E-state index contributed by atoms with van der Waals surface area (Å²) in [5.74, 6) is -0.290. The molecule has 2 aliphatic rings. The Bertz CT molecular complexity index is 512. The van der Waals surface area contributed by atoms with Crippen LogP contribution < -0.4 is 0 Å². The molecule has 2 fully saturated rings. The molecule has 1 saturated carbocycles. The van der Waals surface area contributed by atoms with Crippen molar-refractivity contribution in [1.29, 1.82) is 0 Å². The van der Waals surface area contributed by atoms with Crippen LogP contribution in [-0.2, 0) is 4.74 Å². The van der Waals surface area contributed by atoms with Crippen LogP contribution >= 0.6 is 0 Å². The maximum Gasteiger partial charge on any atom is 0.123 e. The zero-order valence-electron chi connectivity index (χ0n) is 13.6. The van der Waals surface area contributed by atoms with Crippen molar-refractivity contribution in [2.45, 2.75) is 44.5 Å². The number of aliphatic hydroxyl groups excluding tert-OH is 2. The molecule has 0 aromatic heterocycles. The average molecular weight is 323 g/mol. The van der Waals surface area contributed by atoms with Crippen LogP contribution in [0.25, 0.3) is 0 Å². The molecule has 0 radical (unpaired) electrons. The van der Waals surface area contributed by atoms with Crippen molar-refractivity contribution >= 4 is 0 Å². The van der Waals surface area contributed by atoms with Crippen molar-refractivity contribution in [3.05, 3.63) is 35.6 Å². The van der Waals surface area contributed by atoms with Crippen molar-refractivity contribution in [3.63, 3.8) is 0 Å². The molecule has 1 saturated heterocycles. The van der Waals surface area contributed by atoms with Gasteiger partial charge in [0.25, 0.3) is 0 Å². The first kappa shape index (κ1) is 16.8. The summed E-state index contributed by atoms with van der Waals surface area (Å²) >= 11 is 0. The Balaban J connectivity index is 1.54. The van der Waals surface area contributed by atoms with Crippen LogP contribution in [0.1, 0.15) is 37.9 Å². The average Bonchev–Trinajstić information content (AvgIpc) is 2.56. The second-order valence-corrected chi connectivity index (χ2v) is 6.80. The van der Waals surface area contributed by atoms with Gasteiger partial charge in [0.1, 0.15) is 5.82 Å². The van der Waals surface area contributed by atoms with Crippen molar-refractivity contribution in [1.82, 2.24) is 4.90 Å². The van der Waals surface area contributed by atoms with E-state index >= 15 is 0 Å². The monoisotopic (exact) mass is 323 g/mol. The van der Waals surface area contributed by atoms with Crippen molar-refractivity contribution < 1.29 is 19.3 Å². The van der Waals surface area contributed by atoms with Crippen LogP contribution in [0.3, 0.4) is 0 Å². The van der Waals surface area contributed by atoms with E-state index in [-0.39, 0.29) is 23.4 Å². The van der Waals surface area contributed by atoms with E-state index in [1.165, 1.54) is 12.1 Å². The summed E-state index contributed by atoms with van der Waals surface area (Å²) in [6.45, 7) is 4.91. The Morgan fingerprint density at radius 2 is 1.96 bits per heavy atom. The lowest BCUT2D eigenvalue weighted by Gasteiger charge is -2.56. The first-order valence-corrected chi connectivity index (χ1v) is 8.50. The molecule has 4 nitrogen and oxygen atoms in total. The van der Waals surface area contributed by atoms with E-state index < -0.39 is 6.10 Å². The number of β-amino-alcohol motifs (C(OH)–C–C–N with tert-alkyl or cyclic N) is 1. The lowest BCUT2D eigenvalue weighted by Crippen LogP contribution is -2.62. The highest BCUT2D eigenvalue weighted by Gasteiger charge is 2.55. The van der Waals surface area contributed by atoms with Crippen molar-refractivity contribution in [2.75, 3.05) is 26.2 Å². The molecule has 1 aliphatic heterocycles. The fraction of sp³-hybridized carbons (Fsp3) is 0.667. The number of ether oxygens (including phenoxy) is 1. The predicted octanol–water partition coefficient (Wildman–Crippen LogP) is 2.11. The van der Waals surface area contributed by atoms with Crippen LogP contribution in [0.5, 0.6) is 0 Å². The zero-order valence-corrected chi connectivity index (χ0v) is 13.6. The van der Waals surface area contributed by atoms with Gasteiger partial charge in [-0.05, 0) is 50.6 Å². The highest BCUT2D eigenvalue weighted by Crippen LogP contribution is 2.51. The predicted molar refractivity (Wildman–Crippen MR) is 85.5 cm³/mol. The molecule has 0 bridgehead atoms. The molecule has 1 aliphatic carbocycles. The second-order valence-electron chi connectivity index (χ2n) is 6.80. The van der Waals surface area contributed by atoms with Crippen LogP contribution in [-0.4, -0.2) is 53.6 Å². The van der Waals surface area contributed by atoms with E-state index in [1.54, 1.807) is 12.1 Å². The molecule has 1 heterocycles. The summed E-state index contributed by atoms with van der Waals surface area (Å²) in [5, 5.41) is 20.5. The smallest absolute Gasteiger partial charge is 0.123 e. The summed E-state index contributed by atoms with van der Waals surface area (Å²) in [6.07, 6.45) is 1.84. The van der Waals surface area contributed by atoms with Gasteiger partial charge in [-0.25, -0.2) is 4.39 Å². The number of likely N-dealkylation sites (tertiary alicyclic amines) is 1. The number of rotatable bonds is 5. The minimum absolute atomic E-state index is 0.0899. The SMILES string of the molecule is CCOC1CC(O)C12CCN(CC(O)c1ccc(F)cc1)CC2. The number of hydrogen-bond acceptors (Lipinski definition) is 4. The van der Waals surface area contributed by atoms with Gasteiger partial charge in [0.05, 0.1) is 18.3 Å². The Hall–Kier alpha value is -1.01. The molecule has 5 heteroatoms. The largest absolute Gasteiger partial charge is 0.392 e. The Labute approximate surface area is 136 Å². The maximum absolute atomic E-state index is 12.9. The van der Waals surface area contributed by atoms with Crippen molar-refractivity contribution in [2.24, 2.45) is 5.41 Å². The fourth-order valence-electron chi connectivity index (χ4n) is 4.00. The molecule has 1 aromatic rings. The molecule has 3 unspecified atom stereocenters. The van der Waals surface area contributed by atoms with Crippen LogP contribution in [0, 0.1) is 11.2 Å². The van der Waals surface area contributed by atoms with Gasteiger partial charge in [-0.15, -0.1) is 0 Å². The van der Waals surface area contributed by atoms with Gasteiger partial charge in [-0.2, -0.15) is 0 Å². The van der Waals surface area contributed by atoms with Gasteiger partial charge in [-0.1, -0.05) is 12.1 Å². The summed E-state index contributed by atoms with van der Waals surface area (Å²) in [6, 6.07) is 6.01. The lowest BCUT2D eigenvalue weighted by atomic mass is 9.58. The van der Waals surface area contributed by atoms with Gasteiger partial charge in [-0.3, -0.25) is 0 Å². The number of benzene rings is 1. The second kappa shape index (κ2) is 6.85. The van der Waals surface area contributed by atoms with E-state index in [9.17, 15) is 14.6 Å². The number of aliphatic hydroxyl groups is 2. The highest BCUT2D eigenvalue weighted by molar-refractivity contribution is 5.19. The first-order chi connectivity index (χ1) is 11.0. The number of piperidine rings is 1. The molecule has 128 valence electrons. The number of nitrogens with zero attached hydrogens (tertiary/aromatic N) is 1. The molecule has 0 amide bonds. The summed E-state index contributed by atoms with van der Waals surface area (Å²) < 4.78 is 18.7. The van der Waals surface area contributed by atoms with Crippen molar-refractivity contribution in [3.8, 4) is 0 Å². The summed E-state index contributed by atoms with van der Waals surface area (Å²) in [4.78, 5) is 2.22. The van der Waals surface area contributed by atoms with E-state index in [1.807, 2.05) is 6.92 Å². The summed E-state index contributed by atoms with van der Waals surface area (Å²) in [7, 11) is 0. The van der Waals surface area contributed by atoms with E-state index in [0.717, 1.165) is 37.9 Å². The highest BCUT2D eigenvalue weighted by atomic mass is 19.1. The van der Waals surface area contributed by atoms with Gasteiger partial charge in [0.15, 0.2) is 0 Å². The zero-order chi connectivity index (χ0) is 16.4. The van der Waals surface area contributed by atoms with E-state index in [0.29, 0.717) is 13.2 Å².